The monoisotopic (exact) mass is 345 g/mol. The van der Waals surface area contributed by atoms with E-state index < -0.39 is 0 Å². The van der Waals surface area contributed by atoms with E-state index in [-0.39, 0.29) is 0 Å². The van der Waals surface area contributed by atoms with Crippen LogP contribution in [0.5, 0.6) is 5.75 Å². The van der Waals surface area contributed by atoms with Gasteiger partial charge in [0.1, 0.15) is 18.1 Å². The summed E-state index contributed by atoms with van der Waals surface area (Å²) in [5.74, 6) is 2.78. The normalized spacial score (nSPS) is 18.6. The molecule has 0 radical (unpaired) electrons. The van der Waals surface area contributed by atoms with E-state index in [0.29, 0.717) is 12.0 Å². The molecular formula is C18H25N4OS+. The minimum atomic E-state index is 0.615. The SMILES string of the molecule is COc1ccc(C[NH+](C)Cn2nc(C3CC3)n(C3CC3)c2=S)cc1. The number of quaternary nitrogens is 1. The predicted molar refractivity (Wildman–Crippen MR) is 94.9 cm³/mol. The average Bonchev–Trinajstić information content (AvgIpc) is 3.48. The van der Waals surface area contributed by atoms with E-state index in [1.807, 2.05) is 16.8 Å². The lowest BCUT2D eigenvalue weighted by atomic mass is 10.2. The van der Waals surface area contributed by atoms with Gasteiger partial charge in [0.05, 0.1) is 14.2 Å². The third kappa shape index (κ3) is 3.26. The van der Waals surface area contributed by atoms with Gasteiger partial charge in [-0.1, -0.05) is 0 Å². The fourth-order valence-corrected chi connectivity index (χ4v) is 3.59. The zero-order chi connectivity index (χ0) is 16.7. The fourth-order valence-electron chi connectivity index (χ4n) is 3.24. The van der Waals surface area contributed by atoms with Crippen LogP contribution in [0.25, 0.3) is 0 Å². The number of hydrogen-bond donors (Lipinski definition) is 1. The van der Waals surface area contributed by atoms with Gasteiger partial charge in [0.2, 0.25) is 4.77 Å². The molecule has 4 rings (SSSR count). The van der Waals surface area contributed by atoms with Crippen molar-refractivity contribution in [2.45, 2.75) is 50.9 Å². The van der Waals surface area contributed by atoms with Gasteiger partial charge in [-0.2, -0.15) is 9.78 Å². The third-order valence-electron chi connectivity index (χ3n) is 4.84. The lowest BCUT2D eigenvalue weighted by Crippen LogP contribution is -3.07. The number of ether oxygens (including phenoxy) is 1. The van der Waals surface area contributed by atoms with Gasteiger partial charge >= 0.3 is 0 Å². The smallest absolute Gasteiger partial charge is 0.203 e. The summed E-state index contributed by atoms with van der Waals surface area (Å²) in [6.07, 6.45) is 5.06. The second kappa shape index (κ2) is 6.33. The highest BCUT2D eigenvalue weighted by Crippen LogP contribution is 2.44. The van der Waals surface area contributed by atoms with Crippen molar-refractivity contribution in [3.63, 3.8) is 0 Å². The van der Waals surface area contributed by atoms with Gasteiger partial charge in [-0.15, -0.1) is 0 Å². The zero-order valence-corrected chi connectivity index (χ0v) is 15.2. The highest BCUT2D eigenvalue weighted by molar-refractivity contribution is 7.71. The van der Waals surface area contributed by atoms with Crippen LogP contribution in [0.2, 0.25) is 0 Å². The number of rotatable bonds is 7. The zero-order valence-electron chi connectivity index (χ0n) is 14.4. The Morgan fingerprint density at radius 3 is 2.50 bits per heavy atom. The topological polar surface area (TPSA) is 36.4 Å². The van der Waals surface area contributed by atoms with E-state index in [0.717, 1.165) is 23.7 Å². The molecule has 1 heterocycles. The van der Waals surface area contributed by atoms with Crippen LogP contribution in [-0.2, 0) is 13.2 Å². The van der Waals surface area contributed by atoms with Crippen molar-refractivity contribution >= 4 is 12.2 Å². The number of nitrogens with one attached hydrogen (secondary N) is 1. The van der Waals surface area contributed by atoms with Crippen molar-refractivity contribution in [1.82, 2.24) is 14.3 Å². The van der Waals surface area contributed by atoms with Gasteiger partial charge in [0.25, 0.3) is 0 Å². The standard InChI is InChI=1S/C18H24N4OS/c1-20(11-13-3-9-16(23-2)10-4-13)12-21-18(24)22(15-7-8-15)17(19-21)14-5-6-14/h3-4,9-10,14-15H,5-8,11-12H2,1-2H3/p+1. The first-order valence-electron chi connectivity index (χ1n) is 8.79. The predicted octanol–water partition coefficient (Wildman–Crippen LogP) is 2.31. The Morgan fingerprint density at radius 2 is 1.92 bits per heavy atom. The molecule has 128 valence electrons. The van der Waals surface area contributed by atoms with Gasteiger partial charge in [0, 0.05) is 17.5 Å². The number of benzene rings is 1. The van der Waals surface area contributed by atoms with E-state index in [9.17, 15) is 0 Å². The summed E-state index contributed by atoms with van der Waals surface area (Å²) >= 11 is 5.73. The summed E-state index contributed by atoms with van der Waals surface area (Å²) in [6, 6.07) is 8.89. The molecule has 0 amide bonds. The molecule has 6 heteroatoms. The first-order chi connectivity index (χ1) is 11.7. The Bertz CT molecular complexity index is 771. The molecule has 2 aliphatic carbocycles. The summed E-state index contributed by atoms with van der Waals surface area (Å²) in [5, 5.41) is 4.88. The van der Waals surface area contributed by atoms with E-state index in [1.54, 1.807) is 7.11 Å². The first kappa shape index (κ1) is 15.8. The highest BCUT2D eigenvalue weighted by Gasteiger charge is 2.36. The Hall–Kier alpha value is -1.66. The van der Waals surface area contributed by atoms with Gasteiger partial charge in [0.15, 0.2) is 6.67 Å². The molecule has 1 N–H and O–H groups in total. The maximum atomic E-state index is 5.73. The van der Waals surface area contributed by atoms with Crippen molar-refractivity contribution < 1.29 is 9.64 Å². The molecule has 1 aromatic carbocycles. The number of aromatic nitrogens is 3. The largest absolute Gasteiger partial charge is 0.497 e. The second-order valence-electron chi connectivity index (χ2n) is 7.16. The molecule has 5 nitrogen and oxygen atoms in total. The number of hydrogen-bond acceptors (Lipinski definition) is 3. The molecule has 0 aliphatic heterocycles. The molecular weight excluding hydrogens is 320 g/mol. The van der Waals surface area contributed by atoms with Gasteiger partial charge < -0.3 is 14.2 Å². The molecule has 2 fully saturated rings. The Morgan fingerprint density at radius 1 is 1.21 bits per heavy atom. The quantitative estimate of drug-likeness (QED) is 0.783. The van der Waals surface area contributed by atoms with Crippen molar-refractivity contribution in [2.24, 2.45) is 0 Å². The van der Waals surface area contributed by atoms with Crippen molar-refractivity contribution in [1.29, 1.82) is 0 Å². The Labute approximate surface area is 147 Å². The fraction of sp³-hybridized carbons (Fsp3) is 0.556. The molecule has 1 aromatic heterocycles. The second-order valence-corrected chi connectivity index (χ2v) is 7.52. The molecule has 0 spiro atoms. The Kier molecular flexibility index (Phi) is 4.18. The first-order valence-corrected chi connectivity index (χ1v) is 9.20. The van der Waals surface area contributed by atoms with Crippen LogP contribution in [0.15, 0.2) is 24.3 Å². The summed E-state index contributed by atoms with van der Waals surface area (Å²) < 4.78 is 10.5. The molecule has 0 saturated heterocycles. The summed E-state index contributed by atoms with van der Waals surface area (Å²) in [4.78, 5) is 1.37. The summed E-state index contributed by atoms with van der Waals surface area (Å²) in [6.45, 7) is 1.76. The summed E-state index contributed by atoms with van der Waals surface area (Å²) in [5.41, 5.74) is 1.30. The van der Waals surface area contributed by atoms with Crippen LogP contribution in [0.1, 0.15) is 49.0 Å². The Balaban J connectivity index is 1.48. The maximum absolute atomic E-state index is 5.73. The molecule has 1 atom stereocenters. The van der Waals surface area contributed by atoms with Crippen molar-refractivity contribution in [3.05, 3.63) is 40.4 Å². The summed E-state index contributed by atoms with van der Waals surface area (Å²) in [7, 11) is 3.89. The van der Waals surface area contributed by atoms with Crippen LogP contribution in [0.3, 0.4) is 0 Å². The third-order valence-corrected chi connectivity index (χ3v) is 5.24. The average molecular weight is 345 g/mol. The van der Waals surface area contributed by atoms with Crippen LogP contribution < -0.4 is 9.64 Å². The molecule has 0 bridgehead atoms. The van der Waals surface area contributed by atoms with Crippen LogP contribution in [0, 0.1) is 4.77 Å². The number of nitrogens with zero attached hydrogens (tertiary/aromatic N) is 3. The lowest BCUT2D eigenvalue weighted by Gasteiger charge is -2.14. The molecule has 2 aromatic rings. The van der Waals surface area contributed by atoms with Crippen molar-refractivity contribution in [2.75, 3.05) is 14.2 Å². The minimum Gasteiger partial charge on any atom is -0.497 e. The van der Waals surface area contributed by atoms with E-state index in [2.05, 4.69) is 23.7 Å². The van der Waals surface area contributed by atoms with E-state index >= 15 is 0 Å². The number of methoxy groups -OCH3 is 1. The van der Waals surface area contributed by atoms with E-state index in [4.69, 9.17) is 22.1 Å². The molecule has 24 heavy (non-hydrogen) atoms. The van der Waals surface area contributed by atoms with Gasteiger partial charge in [-0.3, -0.25) is 0 Å². The van der Waals surface area contributed by atoms with Crippen LogP contribution >= 0.6 is 12.2 Å². The highest BCUT2D eigenvalue weighted by atomic mass is 32.1. The molecule has 1 unspecified atom stereocenters. The van der Waals surface area contributed by atoms with Crippen molar-refractivity contribution in [3.8, 4) is 5.75 Å². The van der Waals surface area contributed by atoms with E-state index in [1.165, 1.54) is 42.0 Å². The lowest BCUT2D eigenvalue weighted by molar-refractivity contribution is -0.917. The van der Waals surface area contributed by atoms with Gasteiger partial charge in [-0.05, 0) is 62.2 Å². The van der Waals surface area contributed by atoms with Gasteiger partial charge in [-0.25, -0.2) is 0 Å². The van der Waals surface area contributed by atoms with Crippen LogP contribution in [0.4, 0.5) is 0 Å². The molecule has 2 saturated carbocycles. The minimum absolute atomic E-state index is 0.615. The maximum Gasteiger partial charge on any atom is 0.203 e. The molecule has 2 aliphatic rings. The van der Waals surface area contributed by atoms with Crippen LogP contribution in [-0.4, -0.2) is 28.5 Å².